The summed E-state index contributed by atoms with van der Waals surface area (Å²) in [6.45, 7) is 5.63. The molecule has 1 fully saturated rings. The van der Waals surface area contributed by atoms with Gasteiger partial charge >= 0.3 is 0 Å². The minimum atomic E-state index is 0.0834. The Bertz CT molecular complexity index is 978. The molecule has 1 aliphatic rings. The molecule has 1 amide bonds. The van der Waals surface area contributed by atoms with Gasteiger partial charge in [-0.2, -0.15) is 0 Å². The molecule has 1 aromatic carbocycles. The first-order valence-electron chi connectivity index (χ1n) is 10.2. The fraction of sp³-hybridized carbons (Fsp3) is 0.429. The molecule has 4 N–H and O–H groups in total. The highest BCUT2D eigenvalue weighted by atomic mass is 16.1. The van der Waals surface area contributed by atoms with Gasteiger partial charge < -0.3 is 20.9 Å². The standard InChI is InChI=1S/C21H27N7O/c1-3-13(4-2)21(29)24-14-9-10-28(12-14)17-11-23-19(22)18(27-17)20-25-15-7-5-6-8-16(15)26-20/h5-8,11,13-14H,3-4,9-10,12H2,1-2H3,(H2,22,23)(H,24,29)(H,25,26). The second-order valence-corrected chi connectivity index (χ2v) is 7.52. The third-order valence-electron chi connectivity index (χ3n) is 5.62. The maximum absolute atomic E-state index is 12.4. The molecule has 8 nitrogen and oxygen atoms in total. The second-order valence-electron chi connectivity index (χ2n) is 7.52. The van der Waals surface area contributed by atoms with Crippen LogP contribution in [0.2, 0.25) is 0 Å². The number of hydrogen-bond acceptors (Lipinski definition) is 6. The van der Waals surface area contributed by atoms with Gasteiger partial charge in [-0.25, -0.2) is 15.0 Å². The molecule has 4 rings (SSSR count). The number of nitrogens with one attached hydrogen (secondary N) is 2. The number of nitrogen functional groups attached to an aromatic ring is 1. The lowest BCUT2D eigenvalue weighted by Gasteiger charge is -2.20. The predicted molar refractivity (Wildman–Crippen MR) is 114 cm³/mol. The Morgan fingerprint density at radius 2 is 2.10 bits per heavy atom. The summed E-state index contributed by atoms with van der Waals surface area (Å²) in [5.41, 5.74) is 8.43. The third-order valence-corrected chi connectivity index (χ3v) is 5.62. The lowest BCUT2D eigenvalue weighted by atomic mass is 10.0. The lowest BCUT2D eigenvalue weighted by Crippen LogP contribution is -2.40. The van der Waals surface area contributed by atoms with Gasteiger partial charge in [0.2, 0.25) is 5.91 Å². The van der Waals surface area contributed by atoms with Crippen molar-refractivity contribution in [3.05, 3.63) is 30.5 Å². The van der Waals surface area contributed by atoms with Gasteiger partial charge in [0.1, 0.15) is 5.82 Å². The number of nitrogens with two attached hydrogens (primary N) is 1. The smallest absolute Gasteiger partial charge is 0.223 e. The Morgan fingerprint density at radius 3 is 2.86 bits per heavy atom. The summed E-state index contributed by atoms with van der Waals surface area (Å²) >= 11 is 0. The molecule has 3 aromatic rings. The highest BCUT2D eigenvalue weighted by Gasteiger charge is 2.27. The SMILES string of the molecule is CCC(CC)C(=O)NC1CCN(c2cnc(N)c(-c3nc4ccccc4[nH]3)n2)C1. The molecule has 1 aliphatic heterocycles. The molecule has 8 heteroatoms. The van der Waals surface area contributed by atoms with E-state index in [-0.39, 0.29) is 17.9 Å². The summed E-state index contributed by atoms with van der Waals surface area (Å²) in [6.07, 6.45) is 4.30. The predicted octanol–water partition coefficient (Wildman–Crippen LogP) is 2.73. The number of rotatable bonds is 6. The zero-order valence-electron chi connectivity index (χ0n) is 16.9. The van der Waals surface area contributed by atoms with E-state index >= 15 is 0 Å². The first-order valence-corrected chi connectivity index (χ1v) is 10.2. The van der Waals surface area contributed by atoms with E-state index in [2.05, 4.69) is 39.0 Å². The number of carbonyl (C=O) groups is 1. The molecule has 152 valence electrons. The van der Waals surface area contributed by atoms with Gasteiger partial charge in [0.25, 0.3) is 0 Å². The van der Waals surface area contributed by atoms with Crippen molar-refractivity contribution in [2.24, 2.45) is 5.92 Å². The summed E-state index contributed by atoms with van der Waals surface area (Å²) in [4.78, 5) is 31.4. The quantitative estimate of drug-likeness (QED) is 0.593. The van der Waals surface area contributed by atoms with Crippen LogP contribution in [-0.2, 0) is 4.79 Å². The molecule has 0 saturated carbocycles. The van der Waals surface area contributed by atoms with E-state index in [1.807, 2.05) is 24.3 Å². The van der Waals surface area contributed by atoms with Crippen LogP contribution in [0.1, 0.15) is 33.1 Å². The van der Waals surface area contributed by atoms with Gasteiger partial charge in [0.15, 0.2) is 17.3 Å². The topological polar surface area (TPSA) is 113 Å². The molecule has 1 atom stereocenters. The normalized spacial score (nSPS) is 16.7. The fourth-order valence-corrected chi connectivity index (χ4v) is 3.85. The highest BCUT2D eigenvalue weighted by Crippen LogP contribution is 2.26. The minimum Gasteiger partial charge on any atom is -0.382 e. The van der Waals surface area contributed by atoms with Crippen molar-refractivity contribution < 1.29 is 4.79 Å². The van der Waals surface area contributed by atoms with E-state index in [0.29, 0.717) is 23.9 Å². The van der Waals surface area contributed by atoms with Gasteiger partial charge in [-0.1, -0.05) is 26.0 Å². The number of anilines is 2. The number of fused-ring (bicyclic) bond motifs is 1. The van der Waals surface area contributed by atoms with Gasteiger partial charge in [0, 0.05) is 25.0 Å². The van der Waals surface area contributed by atoms with Crippen molar-refractivity contribution in [3.63, 3.8) is 0 Å². The molecular formula is C21H27N7O. The number of nitrogens with zero attached hydrogens (tertiary/aromatic N) is 4. The van der Waals surface area contributed by atoms with Crippen LogP contribution in [0.4, 0.5) is 11.6 Å². The number of benzene rings is 1. The van der Waals surface area contributed by atoms with E-state index in [1.165, 1.54) is 0 Å². The summed E-state index contributed by atoms with van der Waals surface area (Å²) in [5.74, 6) is 1.92. The summed E-state index contributed by atoms with van der Waals surface area (Å²) in [6, 6.07) is 7.93. The van der Waals surface area contributed by atoms with E-state index in [1.54, 1.807) is 6.20 Å². The van der Waals surface area contributed by atoms with Crippen molar-refractivity contribution in [2.75, 3.05) is 23.7 Å². The second kappa shape index (κ2) is 8.06. The van der Waals surface area contributed by atoms with Crippen LogP contribution in [0.3, 0.4) is 0 Å². The molecule has 1 saturated heterocycles. The van der Waals surface area contributed by atoms with Crippen molar-refractivity contribution in [1.29, 1.82) is 0 Å². The number of aromatic amines is 1. The Balaban J connectivity index is 1.51. The van der Waals surface area contributed by atoms with E-state index in [9.17, 15) is 4.79 Å². The van der Waals surface area contributed by atoms with Gasteiger partial charge in [-0.3, -0.25) is 4.79 Å². The number of amides is 1. The summed E-state index contributed by atoms with van der Waals surface area (Å²) < 4.78 is 0. The van der Waals surface area contributed by atoms with Crippen molar-refractivity contribution in [2.45, 2.75) is 39.2 Å². The molecule has 3 heterocycles. The number of aromatic nitrogens is 4. The number of imidazole rings is 1. The Hall–Kier alpha value is -3.16. The monoisotopic (exact) mass is 393 g/mol. The highest BCUT2D eigenvalue weighted by molar-refractivity contribution is 5.81. The third kappa shape index (κ3) is 3.87. The van der Waals surface area contributed by atoms with Crippen LogP contribution in [0.5, 0.6) is 0 Å². The molecule has 0 bridgehead atoms. The average molecular weight is 393 g/mol. The first kappa shape index (κ1) is 19.2. The summed E-state index contributed by atoms with van der Waals surface area (Å²) in [7, 11) is 0. The van der Waals surface area contributed by atoms with Gasteiger partial charge in [-0.05, 0) is 31.4 Å². The molecule has 2 aromatic heterocycles. The Kier molecular flexibility index (Phi) is 5.33. The van der Waals surface area contributed by atoms with E-state index in [4.69, 9.17) is 10.7 Å². The van der Waals surface area contributed by atoms with Gasteiger partial charge in [0.05, 0.1) is 17.2 Å². The maximum Gasteiger partial charge on any atom is 0.223 e. The minimum absolute atomic E-state index is 0.0834. The maximum atomic E-state index is 12.4. The molecule has 0 spiro atoms. The first-order chi connectivity index (χ1) is 14.1. The largest absolute Gasteiger partial charge is 0.382 e. The molecular weight excluding hydrogens is 366 g/mol. The van der Waals surface area contributed by atoms with E-state index < -0.39 is 0 Å². The van der Waals surface area contributed by atoms with Crippen LogP contribution < -0.4 is 16.0 Å². The van der Waals surface area contributed by atoms with Crippen molar-refractivity contribution >= 4 is 28.6 Å². The Labute approximate surface area is 169 Å². The molecule has 0 aliphatic carbocycles. The van der Waals surface area contributed by atoms with Crippen LogP contribution in [-0.4, -0.2) is 45.0 Å². The van der Waals surface area contributed by atoms with E-state index in [0.717, 1.165) is 42.7 Å². The van der Waals surface area contributed by atoms with Crippen molar-refractivity contribution in [3.8, 4) is 11.5 Å². The fourth-order valence-electron chi connectivity index (χ4n) is 3.85. The van der Waals surface area contributed by atoms with Crippen LogP contribution in [0, 0.1) is 5.92 Å². The number of para-hydroxylation sites is 2. The number of carbonyl (C=O) groups excluding carboxylic acids is 1. The lowest BCUT2D eigenvalue weighted by molar-refractivity contribution is -0.125. The van der Waals surface area contributed by atoms with Crippen LogP contribution in [0.15, 0.2) is 30.5 Å². The number of hydrogen-bond donors (Lipinski definition) is 3. The Morgan fingerprint density at radius 1 is 1.31 bits per heavy atom. The zero-order valence-corrected chi connectivity index (χ0v) is 16.9. The van der Waals surface area contributed by atoms with Crippen LogP contribution >= 0.6 is 0 Å². The average Bonchev–Trinajstić information content (AvgIpc) is 3.36. The summed E-state index contributed by atoms with van der Waals surface area (Å²) in [5, 5.41) is 3.18. The van der Waals surface area contributed by atoms with Crippen molar-refractivity contribution in [1.82, 2.24) is 25.3 Å². The van der Waals surface area contributed by atoms with Gasteiger partial charge in [-0.15, -0.1) is 0 Å². The zero-order chi connectivity index (χ0) is 20.4. The van der Waals surface area contributed by atoms with Crippen LogP contribution in [0.25, 0.3) is 22.6 Å². The molecule has 0 radical (unpaired) electrons. The molecule has 29 heavy (non-hydrogen) atoms. The molecule has 1 unspecified atom stereocenters. The number of H-pyrrole nitrogens is 1.